The van der Waals surface area contributed by atoms with Crippen LogP contribution in [0.1, 0.15) is 47.0 Å². The summed E-state index contributed by atoms with van der Waals surface area (Å²) in [7, 11) is 0. The predicted octanol–water partition coefficient (Wildman–Crippen LogP) is 0.242. The van der Waals surface area contributed by atoms with Gasteiger partial charge in [0.1, 0.15) is 12.7 Å². The lowest BCUT2D eigenvalue weighted by Crippen LogP contribution is -2.40. The minimum absolute atomic E-state index is 0.0968. The summed E-state index contributed by atoms with van der Waals surface area (Å²) in [4.78, 5) is 48.2. The number of amides is 3. The molecule has 0 radical (unpaired) electrons. The minimum Gasteiger partial charge on any atom is -0.460 e. The molecule has 0 aromatic heterocycles. The highest BCUT2D eigenvalue weighted by molar-refractivity contribution is 5.85. The molecule has 1 unspecified atom stereocenters. The van der Waals surface area contributed by atoms with Gasteiger partial charge >= 0.3 is 5.97 Å². The molecule has 0 aromatic rings. The second kappa shape index (κ2) is 14.0. The van der Waals surface area contributed by atoms with Crippen LogP contribution < -0.4 is 10.6 Å². The normalized spacial score (nSPS) is 16.1. The maximum Gasteiger partial charge on any atom is 0.306 e. The Morgan fingerprint density at radius 2 is 1.74 bits per heavy atom. The first-order valence-corrected chi connectivity index (χ1v) is 10.7. The van der Waals surface area contributed by atoms with Crippen molar-refractivity contribution in [2.75, 3.05) is 52.6 Å². The summed E-state index contributed by atoms with van der Waals surface area (Å²) < 4.78 is 16.0. The summed E-state index contributed by atoms with van der Waals surface area (Å²) in [6, 6.07) is 0. The van der Waals surface area contributed by atoms with E-state index in [0.717, 1.165) is 0 Å². The van der Waals surface area contributed by atoms with Gasteiger partial charge in [-0.05, 0) is 11.8 Å². The fourth-order valence-electron chi connectivity index (χ4n) is 2.88. The summed E-state index contributed by atoms with van der Waals surface area (Å²) in [6.45, 7) is 9.66. The van der Waals surface area contributed by atoms with Crippen molar-refractivity contribution < 1.29 is 33.4 Å². The third kappa shape index (κ3) is 13.7. The molecule has 1 saturated heterocycles. The fraction of sp³-hybridized carbons (Fsp3) is 0.810. The highest BCUT2D eigenvalue weighted by Gasteiger charge is 2.29. The van der Waals surface area contributed by atoms with Crippen LogP contribution in [0.5, 0.6) is 0 Å². The topological polar surface area (TPSA) is 123 Å². The summed E-state index contributed by atoms with van der Waals surface area (Å²) in [5.41, 5.74) is -0.141. The highest BCUT2D eigenvalue weighted by Crippen LogP contribution is 2.21. The molecule has 31 heavy (non-hydrogen) atoms. The second-order valence-corrected chi connectivity index (χ2v) is 8.76. The Bertz CT molecular complexity index is 604. The van der Waals surface area contributed by atoms with Crippen molar-refractivity contribution >= 4 is 23.7 Å². The van der Waals surface area contributed by atoms with Crippen LogP contribution >= 0.6 is 0 Å². The number of esters is 1. The van der Waals surface area contributed by atoms with Crippen LogP contribution in [0, 0.1) is 5.41 Å². The van der Waals surface area contributed by atoms with E-state index in [1.807, 2.05) is 20.8 Å². The molecule has 1 fully saturated rings. The van der Waals surface area contributed by atoms with Gasteiger partial charge in [0.25, 0.3) is 0 Å². The molecule has 0 aromatic carbocycles. The molecule has 0 bridgehead atoms. The van der Waals surface area contributed by atoms with Gasteiger partial charge in [0.05, 0.1) is 26.1 Å². The van der Waals surface area contributed by atoms with Crippen molar-refractivity contribution in [2.45, 2.75) is 53.1 Å². The fourth-order valence-corrected chi connectivity index (χ4v) is 2.88. The molecule has 1 aliphatic heterocycles. The van der Waals surface area contributed by atoms with Gasteiger partial charge in [0.15, 0.2) is 0 Å². The van der Waals surface area contributed by atoms with Gasteiger partial charge in [-0.1, -0.05) is 20.8 Å². The van der Waals surface area contributed by atoms with E-state index in [1.54, 1.807) is 4.90 Å². The van der Waals surface area contributed by atoms with Gasteiger partial charge in [0.2, 0.25) is 17.7 Å². The summed E-state index contributed by atoms with van der Waals surface area (Å²) >= 11 is 0. The third-order valence-electron chi connectivity index (χ3n) is 4.34. The van der Waals surface area contributed by atoms with E-state index < -0.39 is 0 Å². The van der Waals surface area contributed by atoms with Crippen LogP contribution in [0.2, 0.25) is 0 Å². The van der Waals surface area contributed by atoms with E-state index in [-0.39, 0.29) is 48.4 Å². The number of nitrogens with zero attached hydrogens (tertiary/aromatic N) is 1. The van der Waals surface area contributed by atoms with Crippen LogP contribution in [0.25, 0.3) is 0 Å². The van der Waals surface area contributed by atoms with Crippen molar-refractivity contribution in [2.24, 2.45) is 5.41 Å². The van der Waals surface area contributed by atoms with Gasteiger partial charge in [0, 0.05) is 39.6 Å². The molecular weight excluding hydrogens is 406 g/mol. The number of hydrogen-bond acceptors (Lipinski definition) is 7. The molecule has 0 spiro atoms. The molecule has 0 aliphatic carbocycles. The lowest BCUT2D eigenvalue weighted by molar-refractivity contribution is -0.151. The van der Waals surface area contributed by atoms with Crippen LogP contribution in [-0.2, 0) is 33.4 Å². The molecule has 1 aliphatic rings. The molecule has 10 heteroatoms. The van der Waals surface area contributed by atoms with E-state index in [9.17, 15) is 19.2 Å². The average Bonchev–Trinajstić information content (AvgIpc) is 3.11. The van der Waals surface area contributed by atoms with E-state index in [4.69, 9.17) is 14.2 Å². The largest absolute Gasteiger partial charge is 0.460 e. The van der Waals surface area contributed by atoms with E-state index >= 15 is 0 Å². The van der Waals surface area contributed by atoms with Gasteiger partial charge < -0.3 is 29.7 Å². The Kier molecular flexibility index (Phi) is 12.1. The van der Waals surface area contributed by atoms with Gasteiger partial charge in [-0.25, -0.2) is 0 Å². The number of ether oxygens (including phenoxy) is 3. The second-order valence-electron chi connectivity index (χ2n) is 8.76. The third-order valence-corrected chi connectivity index (χ3v) is 4.34. The number of carbonyl (C=O) groups is 4. The molecule has 0 saturated carbocycles. The van der Waals surface area contributed by atoms with Crippen molar-refractivity contribution in [1.29, 1.82) is 0 Å². The molecule has 2 N–H and O–H groups in total. The van der Waals surface area contributed by atoms with Crippen LogP contribution in [0.15, 0.2) is 0 Å². The smallest absolute Gasteiger partial charge is 0.306 e. The Labute approximate surface area is 184 Å². The predicted molar refractivity (Wildman–Crippen MR) is 113 cm³/mol. The van der Waals surface area contributed by atoms with Crippen LogP contribution in [-0.4, -0.2) is 87.3 Å². The van der Waals surface area contributed by atoms with Crippen molar-refractivity contribution in [1.82, 2.24) is 15.5 Å². The quantitative estimate of drug-likeness (QED) is 0.309. The van der Waals surface area contributed by atoms with E-state index in [2.05, 4.69) is 10.6 Å². The molecule has 1 heterocycles. The molecule has 1 rings (SSSR count). The average molecular weight is 444 g/mol. The maximum atomic E-state index is 12.2. The highest BCUT2D eigenvalue weighted by atomic mass is 16.5. The zero-order valence-electron chi connectivity index (χ0n) is 19.2. The number of rotatable bonds is 13. The van der Waals surface area contributed by atoms with Gasteiger partial charge in [-0.15, -0.1) is 0 Å². The molecular formula is C21H37N3O7. The molecule has 3 amide bonds. The van der Waals surface area contributed by atoms with Gasteiger partial charge in [-0.3, -0.25) is 19.2 Å². The van der Waals surface area contributed by atoms with Gasteiger partial charge in [-0.2, -0.15) is 0 Å². The van der Waals surface area contributed by atoms with E-state index in [0.29, 0.717) is 58.7 Å². The Hall–Kier alpha value is -2.20. The number of likely N-dealkylation sites (tertiary alicyclic amines) is 1. The van der Waals surface area contributed by atoms with Crippen molar-refractivity contribution in [3.63, 3.8) is 0 Å². The first kappa shape index (κ1) is 26.8. The number of nitrogens with one attached hydrogen (secondary N) is 2. The first-order chi connectivity index (χ1) is 14.6. The summed E-state index contributed by atoms with van der Waals surface area (Å²) in [6.07, 6.45) is 1.26. The molecule has 10 nitrogen and oxygen atoms in total. The Morgan fingerprint density at radius 1 is 1.03 bits per heavy atom. The monoisotopic (exact) mass is 443 g/mol. The maximum absolute atomic E-state index is 12.2. The number of carbonyl (C=O) groups excluding carboxylic acids is 4. The summed E-state index contributed by atoms with van der Waals surface area (Å²) in [5.74, 6) is -0.932. The molecule has 178 valence electrons. The lowest BCUT2D eigenvalue weighted by Gasteiger charge is -2.20. The summed E-state index contributed by atoms with van der Waals surface area (Å²) in [5, 5.41) is 5.16. The van der Waals surface area contributed by atoms with Crippen molar-refractivity contribution in [3.05, 3.63) is 0 Å². The Morgan fingerprint density at radius 3 is 2.42 bits per heavy atom. The minimum atomic E-state index is -0.368. The Balaban J connectivity index is 2.07. The van der Waals surface area contributed by atoms with Crippen LogP contribution in [0.4, 0.5) is 0 Å². The first-order valence-electron chi connectivity index (χ1n) is 10.7. The zero-order valence-corrected chi connectivity index (χ0v) is 19.2. The van der Waals surface area contributed by atoms with E-state index in [1.165, 1.54) is 6.92 Å². The lowest BCUT2D eigenvalue weighted by atomic mass is 9.92. The molecule has 1 atom stereocenters. The zero-order chi connectivity index (χ0) is 23.3. The SMILES string of the molecule is CC(=O)NCCOCCCOCC(=O)NCC(=O)N1CCC(OC(=O)CC(C)(C)C)C1. The van der Waals surface area contributed by atoms with Crippen LogP contribution in [0.3, 0.4) is 0 Å². The number of hydrogen-bond donors (Lipinski definition) is 2. The van der Waals surface area contributed by atoms with Crippen molar-refractivity contribution in [3.8, 4) is 0 Å². The standard InChI is InChI=1S/C21H37N3O7/c1-16(25)22-7-11-29-9-5-10-30-15-18(26)23-13-19(27)24-8-6-17(14-24)31-20(28)12-21(2,3)4/h17H,5-15H2,1-4H3,(H,22,25)(H,23,26).